The fraction of sp³-hybridized carbons (Fsp3) is 0.200. The highest BCUT2D eigenvalue weighted by Gasteiger charge is 2.07. The summed E-state index contributed by atoms with van der Waals surface area (Å²) in [5, 5.41) is 7.13. The number of nitrogens with zero attached hydrogens (tertiary/aromatic N) is 2. The minimum Gasteiger partial charge on any atom is -0.489 e. The van der Waals surface area contributed by atoms with Crippen LogP contribution in [0, 0.1) is 0 Å². The summed E-state index contributed by atoms with van der Waals surface area (Å²) in [5.41, 5.74) is 2.54. The fourth-order valence-corrected chi connectivity index (χ4v) is 2.86. The first kappa shape index (κ1) is 18.2. The lowest BCUT2D eigenvalue weighted by molar-refractivity contribution is 0.0950. The molecule has 0 aliphatic carbocycles. The molecule has 0 saturated heterocycles. The average molecular weight is 414 g/mol. The Morgan fingerprint density at radius 2 is 2.04 bits per heavy atom. The largest absolute Gasteiger partial charge is 0.489 e. The van der Waals surface area contributed by atoms with Crippen molar-refractivity contribution in [1.29, 1.82) is 0 Å². The first-order chi connectivity index (χ1) is 12.6. The predicted molar refractivity (Wildman–Crippen MR) is 104 cm³/mol. The van der Waals surface area contributed by atoms with E-state index in [-0.39, 0.29) is 5.91 Å². The molecule has 1 N–H and O–H groups in total. The van der Waals surface area contributed by atoms with Crippen molar-refractivity contribution in [2.75, 3.05) is 0 Å². The van der Waals surface area contributed by atoms with E-state index in [1.54, 1.807) is 12.3 Å². The van der Waals surface area contributed by atoms with Gasteiger partial charge in [-0.1, -0.05) is 34.1 Å². The smallest absolute Gasteiger partial charge is 0.251 e. The topological polar surface area (TPSA) is 56.2 Å². The lowest BCUT2D eigenvalue weighted by atomic mass is 10.1. The van der Waals surface area contributed by atoms with Gasteiger partial charge in [-0.25, -0.2) is 0 Å². The predicted octanol–water partition coefficient (Wildman–Crippen LogP) is 4.17. The molecule has 0 fully saturated rings. The van der Waals surface area contributed by atoms with E-state index in [1.165, 1.54) is 0 Å². The van der Waals surface area contributed by atoms with Crippen LogP contribution in [-0.4, -0.2) is 15.7 Å². The van der Waals surface area contributed by atoms with Gasteiger partial charge in [0.25, 0.3) is 5.91 Å². The molecule has 0 radical (unpaired) electrons. The minimum absolute atomic E-state index is 0.112. The van der Waals surface area contributed by atoms with Gasteiger partial charge in [-0.3, -0.25) is 9.48 Å². The molecule has 0 aliphatic heterocycles. The Morgan fingerprint density at radius 1 is 1.19 bits per heavy atom. The van der Waals surface area contributed by atoms with Crippen LogP contribution in [0.4, 0.5) is 0 Å². The molecule has 1 aromatic heterocycles. The van der Waals surface area contributed by atoms with Crippen LogP contribution in [0.1, 0.15) is 28.4 Å². The third kappa shape index (κ3) is 4.95. The van der Waals surface area contributed by atoms with Crippen molar-refractivity contribution in [3.63, 3.8) is 0 Å². The second-order valence-corrected chi connectivity index (χ2v) is 6.75. The molecule has 0 unspecified atom stereocenters. The van der Waals surface area contributed by atoms with E-state index in [0.717, 1.165) is 27.9 Å². The molecule has 0 atom stereocenters. The Morgan fingerprint density at radius 3 is 2.81 bits per heavy atom. The molecule has 3 rings (SSSR count). The lowest BCUT2D eigenvalue weighted by Gasteiger charge is -2.09. The normalized spacial score (nSPS) is 10.5. The Labute approximate surface area is 161 Å². The van der Waals surface area contributed by atoms with Crippen LogP contribution in [-0.2, 0) is 19.7 Å². The van der Waals surface area contributed by atoms with Gasteiger partial charge in [0.15, 0.2) is 0 Å². The number of ether oxygens (including phenoxy) is 1. The molecule has 1 heterocycles. The standard InChI is InChI=1S/C20H20BrN3O2/c1-2-24-13-16(12-23-24)11-22-20(25)17-6-3-5-15(9-17)14-26-19-8-4-7-18(21)10-19/h3-10,12-13H,2,11,14H2,1H3,(H,22,25). The SMILES string of the molecule is CCn1cc(CNC(=O)c2cccc(COc3cccc(Br)c3)c2)cn1. The van der Waals surface area contributed by atoms with Gasteiger partial charge in [0.1, 0.15) is 12.4 Å². The molecule has 26 heavy (non-hydrogen) atoms. The zero-order valence-corrected chi connectivity index (χ0v) is 16.1. The minimum atomic E-state index is -0.112. The molecule has 2 aromatic carbocycles. The molecule has 3 aromatic rings. The van der Waals surface area contributed by atoms with Crippen molar-refractivity contribution in [2.24, 2.45) is 0 Å². The number of amides is 1. The van der Waals surface area contributed by atoms with E-state index in [9.17, 15) is 4.79 Å². The first-order valence-corrected chi connectivity index (χ1v) is 9.20. The van der Waals surface area contributed by atoms with Crippen molar-refractivity contribution in [3.8, 4) is 5.75 Å². The molecule has 1 amide bonds. The summed E-state index contributed by atoms with van der Waals surface area (Å²) in [6, 6.07) is 15.1. The van der Waals surface area contributed by atoms with Gasteiger partial charge in [-0.05, 0) is 42.8 Å². The van der Waals surface area contributed by atoms with Crippen molar-refractivity contribution in [1.82, 2.24) is 15.1 Å². The Hall–Kier alpha value is -2.60. The number of carbonyl (C=O) groups is 1. The summed E-state index contributed by atoms with van der Waals surface area (Å²) < 4.78 is 8.58. The molecule has 0 aliphatic rings. The van der Waals surface area contributed by atoms with E-state index in [2.05, 4.69) is 26.3 Å². The Balaban J connectivity index is 1.58. The number of halogens is 1. The number of rotatable bonds is 7. The van der Waals surface area contributed by atoms with Crippen LogP contribution < -0.4 is 10.1 Å². The molecule has 5 nitrogen and oxygen atoms in total. The number of aromatic nitrogens is 2. The summed E-state index contributed by atoms with van der Waals surface area (Å²) in [5.74, 6) is 0.667. The lowest BCUT2D eigenvalue weighted by Crippen LogP contribution is -2.22. The average Bonchev–Trinajstić information content (AvgIpc) is 3.13. The van der Waals surface area contributed by atoms with Crippen molar-refractivity contribution in [3.05, 3.63) is 82.1 Å². The van der Waals surface area contributed by atoms with Gasteiger partial charge in [0.05, 0.1) is 6.20 Å². The van der Waals surface area contributed by atoms with Crippen LogP contribution in [0.25, 0.3) is 0 Å². The molecule has 6 heteroatoms. The Kier molecular flexibility index (Phi) is 6.07. The van der Waals surface area contributed by atoms with Crippen LogP contribution in [0.5, 0.6) is 5.75 Å². The van der Waals surface area contributed by atoms with Crippen LogP contribution in [0.15, 0.2) is 65.4 Å². The van der Waals surface area contributed by atoms with E-state index in [0.29, 0.717) is 18.7 Å². The van der Waals surface area contributed by atoms with Gasteiger partial charge in [0.2, 0.25) is 0 Å². The van der Waals surface area contributed by atoms with Gasteiger partial charge >= 0.3 is 0 Å². The third-order valence-corrected chi connectivity index (χ3v) is 4.35. The fourth-order valence-electron chi connectivity index (χ4n) is 2.48. The summed E-state index contributed by atoms with van der Waals surface area (Å²) in [6.07, 6.45) is 3.70. The zero-order valence-electron chi connectivity index (χ0n) is 14.5. The van der Waals surface area contributed by atoms with Crippen molar-refractivity contribution < 1.29 is 9.53 Å². The van der Waals surface area contributed by atoms with E-state index in [4.69, 9.17) is 4.74 Å². The number of nitrogens with one attached hydrogen (secondary N) is 1. The van der Waals surface area contributed by atoms with Crippen LogP contribution in [0.2, 0.25) is 0 Å². The van der Waals surface area contributed by atoms with Gasteiger partial charge < -0.3 is 10.1 Å². The van der Waals surface area contributed by atoms with Crippen molar-refractivity contribution >= 4 is 21.8 Å². The Bertz CT molecular complexity index is 892. The highest BCUT2D eigenvalue weighted by atomic mass is 79.9. The van der Waals surface area contributed by atoms with Crippen molar-refractivity contribution in [2.45, 2.75) is 26.6 Å². The number of benzene rings is 2. The van der Waals surface area contributed by atoms with E-state index < -0.39 is 0 Å². The van der Waals surface area contributed by atoms with Gasteiger partial charge in [-0.2, -0.15) is 5.10 Å². The molecule has 0 saturated carbocycles. The number of carbonyl (C=O) groups excluding carboxylic acids is 1. The summed E-state index contributed by atoms with van der Waals surface area (Å²) >= 11 is 3.42. The van der Waals surface area contributed by atoms with Gasteiger partial charge in [0, 0.05) is 34.9 Å². The highest BCUT2D eigenvalue weighted by Crippen LogP contribution is 2.19. The third-order valence-electron chi connectivity index (χ3n) is 3.85. The number of aryl methyl sites for hydroxylation is 1. The first-order valence-electron chi connectivity index (χ1n) is 8.41. The monoisotopic (exact) mass is 413 g/mol. The number of hydrogen-bond acceptors (Lipinski definition) is 3. The summed E-state index contributed by atoms with van der Waals surface area (Å²) in [6.45, 7) is 3.70. The molecular formula is C20H20BrN3O2. The maximum absolute atomic E-state index is 12.4. The summed E-state index contributed by atoms with van der Waals surface area (Å²) in [4.78, 5) is 12.4. The second kappa shape index (κ2) is 8.67. The molecule has 0 bridgehead atoms. The zero-order chi connectivity index (χ0) is 18.4. The molecule has 134 valence electrons. The van der Waals surface area contributed by atoms with Crippen LogP contribution in [0.3, 0.4) is 0 Å². The van der Waals surface area contributed by atoms with Gasteiger partial charge in [-0.15, -0.1) is 0 Å². The maximum atomic E-state index is 12.4. The van der Waals surface area contributed by atoms with E-state index >= 15 is 0 Å². The number of hydrogen-bond donors (Lipinski definition) is 1. The highest BCUT2D eigenvalue weighted by molar-refractivity contribution is 9.10. The quantitative estimate of drug-likeness (QED) is 0.631. The van der Waals surface area contributed by atoms with E-state index in [1.807, 2.05) is 60.3 Å². The second-order valence-electron chi connectivity index (χ2n) is 5.83. The molecular weight excluding hydrogens is 394 g/mol. The maximum Gasteiger partial charge on any atom is 0.251 e. The summed E-state index contributed by atoms with van der Waals surface area (Å²) in [7, 11) is 0. The van der Waals surface area contributed by atoms with Crippen LogP contribution >= 0.6 is 15.9 Å². The molecule has 0 spiro atoms.